The average molecular weight is 263 g/mol. The number of hydrogen-bond acceptors (Lipinski definition) is 1. The smallest absolute Gasteiger partial charge is 0.191 e. The molecule has 0 aliphatic heterocycles. The van der Waals surface area contributed by atoms with Crippen molar-refractivity contribution in [2.75, 3.05) is 0 Å². The molecule has 0 aliphatic rings. The molecule has 0 fully saturated rings. The van der Waals surface area contributed by atoms with E-state index < -0.39 is 0 Å². The predicted molar refractivity (Wildman–Crippen MR) is 59.4 cm³/mol. The van der Waals surface area contributed by atoms with Crippen molar-refractivity contribution in [1.82, 2.24) is 0 Å². The lowest BCUT2D eigenvalue weighted by atomic mass is 10.2. The summed E-state index contributed by atoms with van der Waals surface area (Å²) in [4.78, 5) is 3.93. The minimum Gasteiger partial charge on any atom is -0.370 e. The van der Waals surface area contributed by atoms with E-state index in [-0.39, 0.29) is 5.96 Å². The highest BCUT2D eigenvalue weighted by Gasteiger charge is 2.05. The van der Waals surface area contributed by atoms with E-state index in [1.54, 1.807) is 12.1 Å². The van der Waals surface area contributed by atoms with Crippen molar-refractivity contribution in [3.63, 3.8) is 0 Å². The molecule has 0 aromatic heterocycles. The first-order chi connectivity index (χ1) is 6.02. The van der Waals surface area contributed by atoms with Crippen LogP contribution in [0.15, 0.2) is 21.6 Å². The molecular formula is C8H9BrClN3. The van der Waals surface area contributed by atoms with Crippen LogP contribution in [0.3, 0.4) is 0 Å². The molecule has 0 radical (unpaired) electrons. The highest BCUT2D eigenvalue weighted by atomic mass is 79.9. The summed E-state index contributed by atoms with van der Waals surface area (Å²) >= 11 is 9.27. The van der Waals surface area contributed by atoms with Gasteiger partial charge in [0.25, 0.3) is 0 Å². The molecule has 5 heteroatoms. The summed E-state index contributed by atoms with van der Waals surface area (Å²) in [5.74, 6) is 0.0292. The monoisotopic (exact) mass is 261 g/mol. The summed E-state index contributed by atoms with van der Waals surface area (Å²) in [6.07, 6.45) is 0. The average Bonchev–Trinajstić information content (AvgIpc) is 2.06. The van der Waals surface area contributed by atoms with Gasteiger partial charge in [-0.25, -0.2) is 4.99 Å². The number of nitrogens with zero attached hydrogens (tertiary/aromatic N) is 1. The maximum atomic E-state index is 5.97. The molecule has 1 aromatic rings. The number of benzene rings is 1. The third kappa shape index (κ3) is 2.35. The number of nitrogens with two attached hydrogens (primary N) is 2. The summed E-state index contributed by atoms with van der Waals surface area (Å²) in [6, 6.07) is 3.60. The van der Waals surface area contributed by atoms with Crippen LogP contribution in [0, 0.1) is 6.92 Å². The largest absolute Gasteiger partial charge is 0.370 e. The molecule has 1 rings (SSSR count). The molecule has 0 saturated carbocycles. The van der Waals surface area contributed by atoms with E-state index in [1.807, 2.05) is 6.92 Å². The Balaban J connectivity index is 3.26. The number of hydrogen-bond donors (Lipinski definition) is 2. The summed E-state index contributed by atoms with van der Waals surface area (Å²) in [6.45, 7) is 1.86. The molecule has 0 aliphatic carbocycles. The summed E-state index contributed by atoms with van der Waals surface area (Å²) < 4.78 is 0.834. The molecule has 1 aromatic carbocycles. The van der Waals surface area contributed by atoms with Crippen LogP contribution in [0.25, 0.3) is 0 Å². The predicted octanol–water partition coefficient (Wildman–Crippen LogP) is 2.32. The maximum Gasteiger partial charge on any atom is 0.191 e. The van der Waals surface area contributed by atoms with Crippen LogP contribution in [-0.4, -0.2) is 5.96 Å². The third-order valence-corrected chi connectivity index (χ3v) is 2.94. The molecule has 0 heterocycles. The Morgan fingerprint density at radius 2 is 2.08 bits per heavy atom. The zero-order valence-corrected chi connectivity index (χ0v) is 9.35. The van der Waals surface area contributed by atoms with Crippen molar-refractivity contribution in [3.05, 3.63) is 27.2 Å². The Kier molecular flexibility index (Phi) is 3.17. The molecule has 0 saturated heterocycles. The lowest BCUT2D eigenvalue weighted by Crippen LogP contribution is -2.22. The molecule has 0 bridgehead atoms. The van der Waals surface area contributed by atoms with Crippen molar-refractivity contribution in [3.8, 4) is 0 Å². The Morgan fingerprint density at radius 3 is 2.62 bits per heavy atom. The third-order valence-electron chi connectivity index (χ3n) is 1.56. The number of guanidine groups is 1. The summed E-state index contributed by atoms with van der Waals surface area (Å²) in [5.41, 5.74) is 12.0. The quantitative estimate of drug-likeness (QED) is 0.602. The van der Waals surface area contributed by atoms with Gasteiger partial charge in [-0.1, -0.05) is 11.6 Å². The Hall–Kier alpha value is -0.740. The van der Waals surface area contributed by atoms with E-state index in [2.05, 4.69) is 20.9 Å². The van der Waals surface area contributed by atoms with Crippen molar-refractivity contribution in [2.24, 2.45) is 16.5 Å². The van der Waals surface area contributed by atoms with Crippen LogP contribution < -0.4 is 11.5 Å². The highest BCUT2D eigenvalue weighted by Crippen LogP contribution is 2.32. The molecule has 70 valence electrons. The standard InChI is InChI=1S/C8H9BrClN3/c1-4-6(13-8(11)12)3-2-5(9)7(4)10/h2-3H,1H3,(H4,11,12,13). The van der Waals surface area contributed by atoms with Gasteiger partial charge < -0.3 is 11.5 Å². The molecule has 0 spiro atoms. The first kappa shape index (κ1) is 10.3. The van der Waals surface area contributed by atoms with Crippen molar-refractivity contribution in [2.45, 2.75) is 6.92 Å². The minimum absolute atomic E-state index is 0.0292. The lowest BCUT2D eigenvalue weighted by Gasteiger charge is -2.04. The van der Waals surface area contributed by atoms with Crippen LogP contribution in [0.5, 0.6) is 0 Å². The van der Waals surface area contributed by atoms with Crippen molar-refractivity contribution < 1.29 is 0 Å². The van der Waals surface area contributed by atoms with E-state index >= 15 is 0 Å². The molecular weight excluding hydrogens is 253 g/mol. The van der Waals surface area contributed by atoms with Gasteiger partial charge in [0.15, 0.2) is 5.96 Å². The number of aliphatic imine (C=N–C) groups is 1. The van der Waals surface area contributed by atoms with Crippen molar-refractivity contribution >= 4 is 39.2 Å². The molecule has 0 unspecified atom stereocenters. The second-order valence-electron chi connectivity index (χ2n) is 2.54. The van der Waals surface area contributed by atoms with Crippen LogP contribution in [0.1, 0.15) is 5.56 Å². The van der Waals surface area contributed by atoms with E-state index in [0.717, 1.165) is 10.0 Å². The van der Waals surface area contributed by atoms with Gasteiger partial charge >= 0.3 is 0 Å². The second-order valence-corrected chi connectivity index (χ2v) is 3.77. The Morgan fingerprint density at radius 1 is 1.46 bits per heavy atom. The molecule has 0 amide bonds. The van der Waals surface area contributed by atoms with Gasteiger partial charge in [-0.3, -0.25) is 0 Å². The van der Waals surface area contributed by atoms with Gasteiger partial charge in [-0.2, -0.15) is 0 Å². The Labute approximate surface area is 89.9 Å². The summed E-state index contributed by atoms with van der Waals surface area (Å²) in [7, 11) is 0. The fourth-order valence-corrected chi connectivity index (χ4v) is 1.49. The second kappa shape index (κ2) is 3.98. The molecule has 4 N–H and O–H groups in total. The SMILES string of the molecule is Cc1c(N=C(N)N)ccc(Br)c1Cl. The van der Waals surface area contributed by atoms with Crippen LogP contribution in [0.2, 0.25) is 5.02 Å². The normalized spacial score (nSPS) is 9.77. The maximum absolute atomic E-state index is 5.97. The van der Waals surface area contributed by atoms with E-state index in [4.69, 9.17) is 23.1 Å². The number of halogens is 2. The van der Waals surface area contributed by atoms with Gasteiger partial charge in [0, 0.05) is 4.47 Å². The first-order valence-electron chi connectivity index (χ1n) is 3.56. The number of rotatable bonds is 1. The van der Waals surface area contributed by atoms with E-state index in [1.165, 1.54) is 0 Å². The van der Waals surface area contributed by atoms with Gasteiger partial charge in [0.05, 0.1) is 10.7 Å². The van der Waals surface area contributed by atoms with E-state index in [0.29, 0.717) is 10.7 Å². The fraction of sp³-hybridized carbons (Fsp3) is 0.125. The highest BCUT2D eigenvalue weighted by molar-refractivity contribution is 9.10. The zero-order chi connectivity index (χ0) is 10.0. The summed E-state index contributed by atoms with van der Waals surface area (Å²) in [5, 5.41) is 0.627. The fourth-order valence-electron chi connectivity index (χ4n) is 0.902. The zero-order valence-electron chi connectivity index (χ0n) is 7.01. The molecule has 3 nitrogen and oxygen atoms in total. The van der Waals surface area contributed by atoms with Crippen LogP contribution in [-0.2, 0) is 0 Å². The topological polar surface area (TPSA) is 64.4 Å². The molecule has 13 heavy (non-hydrogen) atoms. The van der Waals surface area contributed by atoms with Gasteiger partial charge in [0.2, 0.25) is 0 Å². The van der Waals surface area contributed by atoms with Gasteiger partial charge in [0.1, 0.15) is 0 Å². The van der Waals surface area contributed by atoms with Gasteiger partial charge in [-0.15, -0.1) is 0 Å². The minimum atomic E-state index is 0.0292. The van der Waals surface area contributed by atoms with Crippen molar-refractivity contribution in [1.29, 1.82) is 0 Å². The molecule has 0 atom stereocenters. The lowest BCUT2D eigenvalue weighted by molar-refractivity contribution is 1.35. The van der Waals surface area contributed by atoms with Crippen LogP contribution in [0.4, 0.5) is 5.69 Å². The van der Waals surface area contributed by atoms with Gasteiger partial charge in [-0.05, 0) is 40.5 Å². The first-order valence-corrected chi connectivity index (χ1v) is 4.73. The van der Waals surface area contributed by atoms with E-state index in [9.17, 15) is 0 Å². The van der Waals surface area contributed by atoms with Crippen LogP contribution >= 0.6 is 27.5 Å². The Bertz CT molecular complexity index is 359.